The maximum Gasteiger partial charge on any atom is 0.326 e. The number of carbonyl (C=O) groups is 1. The van der Waals surface area contributed by atoms with E-state index >= 15 is 0 Å². The van der Waals surface area contributed by atoms with Gasteiger partial charge in [0.1, 0.15) is 5.75 Å². The maximum atomic E-state index is 12.4. The second-order valence-electron chi connectivity index (χ2n) is 4.84. The van der Waals surface area contributed by atoms with Crippen molar-refractivity contribution in [1.82, 2.24) is 0 Å². The zero-order chi connectivity index (χ0) is 14.8. The van der Waals surface area contributed by atoms with Crippen molar-refractivity contribution in [2.24, 2.45) is 0 Å². The molecule has 1 heterocycles. The van der Waals surface area contributed by atoms with Crippen molar-refractivity contribution in [3.63, 3.8) is 0 Å². The van der Waals surface area contributed by atoms with Crippen LogP contribution < -0.4 is 15.0 Å². The van der Waals surface area contributed by atoms with E-state index in [-0.39, 0.29) is 6.03 Å². The van der Waals surface area contributed by atoms with E-state index in [2.05, 4.69) is 21.2 Å². The first kappa shape index (κ1) is 13.9. The van der Waals surface area contributed by atoms with Crippen LogP contribution in [0.2, 0.25) is 0 Å². The molecule has 0 unspecified atom stereocenters. The van der Waals surface area contributed by atoms with E-state index in [0.29, 0.717) is 6.54 Å². The fraction of sp³-hybridized carbons (Fsp3) is 0.188. The topological polar surface area (TPSA) is 41.6 Å². The number of nitrogens with zero attached hydrogens (tertiary/aromatic N) is 1. The third-order valence-electron chi connectivity index (χ3n) is 3.51. The molecule has 0 saturated carbocycles. The number of hydrogen-bond acceptors (Lipinski definition) is 2. The van der Waals surface area contributed by atoms with Crippen molar-refractivity contribution in [2.75, 3.05) is 23.9 Å². The van der Waals surface area contributed by atoms with Crippen LogP contribution in [0, 0.1) is 0 Å². The van der Waals surface area contributed by atoms with Gasteiger partial charge < -0.3 is 10.1 Å². The van der Waals surface area contributed by atoms with Crippen LogP contribution in [-0.4, -0.2) is 19.7 Å². The summed E-state index contributed by atoms with van der Waals surface area (Å²) in [4.78, 5) is 14.2. The van der Waals surface area contributed by atoms with Crippen molar-refractivity contribution in [3.05, 3.63) is 52.5 Å². The van der Waals surface area contributed by atoms with E-state index < -0.39 is 0 Å². The molecule has 0 saturated heterocycles. The number of nitrogens with one attached hydrogen (secondary N) is 1. The number of fused-ring (bicyclic) bond motifs is 1. The smallest absolute Gasteiger partial charge is 0.326 e. The highest BCUT2D eigenvalue weighted by Gasteiger charge is 2.25. The molecule has 21 heavy (non-hydrogen) atoms. The van der Waals surface area contributed by atoms with Gasteiger partial charge in [0, 0.05) is 22.8 Å². The molecule has 0 aliphatic carbocycles. The van der Waals surface area contributed by atoms with E-state index in [1.54, 1.807) is 12.0 Å². The van der Waals surface area contributed by atoms with Gasteiger partial charge >= 0.3 is 6.03 Å². The summed E-state index contributed by atoms with van der Waals surface area (Å²) in [6.07, 6.45) is 0.866. The van der Waals surface area contributed by atoms with E-state index in [9.17, 15) is 4.79 Å². The van der Waals surface area contributed by atoms with Crippen LogP contribution in [0.5, 0.6) is 5.75 Å². The molecule has 3 rings (SSSR count). The van der Waals surface area contributed by atoms with Crippen molar-refractivity contribution in [1.29, 1.82) is 0 Å². The van der Waals surface area contributed by atoms with Crippen LogP contribution in [0.3, 0.4) is 0 Å². The van der Waals surface area contributed by atoms with Crippen LogP contribution in [-0.2, 0) is 6.42 Å². The van der Waals surface area contributed by atoms with Crippen LogP contribution >= 0.6 is 15.9 Å². The molecular weight excluding hydrogens is 332 g/mol. The minimum Gasteiger partial charge on any atom is -0.497 e. The van der Waals surface area contributed by atoms with Crippen LogP contribution in [0.15, 0.2) is 46.9 Å². The van der Waals surface area contributed by atoms with E-state index in [1.807, 2.05) is 42.5 Å². The molecule has 2 aromatic rings. The quantitative estimate of drug-likeness (QED) is 0.890. The third kappa shape index (κ3) is 2.88. The molecule has 0 spiro atoms. The van der Waals surface area contributed by atoms with E-state index in [4.69, 9.17) is 4.74 Å². The van der Waals surface area contributed by atoms with Gasteiger partial charge in [-0.05, 0) is 36.2 Å². The fourth-order valence-electron chi connectivity index (χ4n) is 2.45. The summed E-state index contributed by atoms with van der Waals surface area (Å²) >= 11 is 3.40. The van der Waals surface area contributed by atoms with Gasteiger partial charge in [-0.2, -0.15) is 0 Å². The molecule has 1 aliphatic rings. The first-order valence-electron chi connectivity index (χ1n) is 6.68. The average Bonchev–Trinajstić information content (AvgIpc) is 2.90. The molecule has 1 aliphatic heterocycles. The molecule has 2 amide bonds. The van der Waals surface area contributed by atoms with Gasteiger partial charge in [0.15, 0.2) is 0 Å². The second-order valence-corrected chi connectivity index (χ2v) is 5.75. The third-order valence-corrected chi connectivity index (χ3v) is 4.00. The standard InChI is InChI=1S/C16H15BrN2O2/c1-21-14-6-5-11-7-8-19(15(11)10-14)16(20)18-13-4-2-3-12(17)9-13/h2-6,9-10H,7-8H2,1H3,(H,18,20). The number of anilines is 2. The zero-order valence-electron chi connectivity index (χ0n) is 11.6. The Labute approximate surface area is 131 Å². The summed E-state index contributed by atoms with van der Waals surface area (Å²) in [6.45, 7) is 0.683. The molecule has 2 aromatic carbocycles. The molecule has 4 nitrogen and oxygen atoms in total. The fourth-order valence-corrected chi connectivity index (χ4v) is 2.85. The predicted octanol–water partition coefficient (Wildman–Crippen LogP) is 4.05. The molecule has 0 bridgehead atoms. The lowest BCUT2D eigenvalue weighted by Crippen LogP contribution is -2.33. The van der Waals surface area contributed by atoms with Gasteiger partial charge in [-0.25, -0.2) is 4.79 Å². The summed E-state index contributed by atoms with van der Waals surface area (Å²) in [5, 5.41) is 2.92. The number of amides is 2. The highest BCUT2D eigenvalue weighted by Crippen LogP contribution is 2.32. The molecular formula is C16H15BrN2O2. The van der Waals surface area contributed by atoms with Crippen molar-refractivity contribution < 1.29 is 9.53 Å². The number of carbonyl (C=O) groups excluding carboxylic acids is 1. The lowest BCUT2D eigenvalue weighted by molar-refractivity contribution is 0.257. The Balaban J connectivity index is 1.81. The number of rotatable bonds is 2. The molecule has 108 valence electrons. The van der Waals surface area contributed by atoms with Gasteiger partial charge in [0.05, 0.1) is 12.8 Å². The molecule has 0 radical (unpaired) electrons. The van der Waals surface area contributed by atoms with Crippen LogP contribution in [0.1, 0.15) is 5.56 Å². The first-order chi connectivity index (χ1) is 10.2. The summed E-state index contributed by atoms with van der Waals surface area (Å²) < 4.78 is 6.17. The normalized spacial score (nSPS) is 13.0. The average molecular weight is 347 g/mol. The number of methoxy groups -OCH3 is 1. The molecule has 5 heteroatoms. The van der Waals surface area contributed by atoms with Gasteiger partial charge in [0.25, 0.3) is 0 Å². The number of benzene rings is 2. The van der Waals surface area contributed by atoms with Crippen LogP contribution in [0.25, 0.3) is 0 Å². The van der Waals surface area contributed by atoms with Gasteiger partial charge in [0.2, 0.25) is 0 Å². The Morgan fingerprint density at radius 3 is 2.90 bits per heavy atom. The Hall–Kier alpha value is -2.01. The molecule has 0 aromatic heterocycles. The molecule has 0 fully saturated rings. The van der Waals surface area contributed by atoms with Crippen molar-refractivity contribution in [3.8, 4) is 5.75 Å². The summed E-state index contributed by atoms with van der Waals surface area (Å²) in [6, 6.07) is 13.3. The number of halogens is 1. The van der Waals surface area contributed by atoms with E-state index in [1.165, 1.54) is 5.56 Å². The Morgan fingerprint density at radius 2 is 2.14 bits per heavy atom. The summed E-state index contributed by atoms with van der Waals surface area (Å²) in [7, 11) is 1.63. The summed E-state index contributed by atoms with van der Waals surface area (Å²) in [5.74, 6) is 0.760. The Bertz CT molecular complexity index is 688. The van der Waals surface area contributed by atoms with Crippen LogP contribution in [0.4, 0.5) is 16.2 Å². The van der Waals surface area contributed by atoms with Crippen molar-refractivity contribution >= 4 is 33.3 Å². The molecule has 1 N–H and O–H groups in total. The minimum atomic E-state index is -0.125. The number of urea groups is 1. The highest BCUT2D eigenvalue weighted by atomic mass is 79.9. The molecule has 0 atom stereocenters. The Kier molecular flexibility index (Phi) is 3.84. The lowest BCUT2D eigenvalue weighted by atomic mass is 10.1. The summed E-state index contributed by atoms with van der Waals surface area (Å²) in [5.41, 5.74) is 2.85. The number of hydrogen-bond donors (Lipinski definition) is 1. The van der Waals surface area contributed by atoms with Gasteiger partial charge in [-0.1, -0.05) is 28.1 Å². The largest absolute Gasteiger partial charge is 0.497 e. The van der Waals surface area contributed by atoms with Gasteiger partial charge in [-0.15, -0.1) is 0 Å². The zero-order valence-corrected chi connectivity index (χ0v) is 13.2. The first-order valence-corrected chi connectivity index (χ1v) is 7.47. The maximum absolute atomic E-state index is 12.4. The Morgan fingerprint density at radius 1 is 1.29 bits per heavy atom. The minimum absolute atomic E-state index is 0.125. The number of ether oxygens (including phenoxy) is 1. The predicted molar refractivity (Wildman–Crippen MR) is 87.2 cm³/mol. The van der Waals surface area contributed by atoms with E-state index in [0.717, 1.165) is 28.0 Å². The monoisotopic (exact) mass is 346 g/mol. The highest BCUT2D eigenvalue weighted by molar-refractivity contribution is 9.10. The second kappa shape index (κ2) is 5.77. The lowest BCUT2D eigenvalue weighted by Gasteiger charge is -2.18. The SMILES string of the molecule is COc1ccc2c(c1)N(C(=O)Nc1cccc(Br)c1)CC2. The van der Waals surface area contributed by atoms with Crippen molar-refractivity contribution in [2.45, 2.75) is 6.42 Å². The van der Waals surface area contributed by atoms with Gasteiger partial charge in [-0.3, -0.25) is 4.90 Å².